The number of anilines is 2. The minimum Gasteiger partial charge on any atom is -0.474 e. The lowest BCUT2D eigenvalue weighted by Gasteiger charge is -2.36. The summed E-state index contributed by atoms with van der Waals surface area (Å²) >= 11 is 0. The Kier molecular flexibility index (Phi) is 6.84. The third-order valence-electron chi connectivity index (χ3n) is 5.90. The number of benzene rings is 1. The average molecular weight is 440 g/mol. The van der Waals surface area contributed by atoms with E-state index in [1.54, 1.807) is 18.1 Å². The Morgan fingerprint density at radius 2 is 1.78 bits per heavy atom. The van der Waals surface area contributed by atoms with Gasteiger partial charge < -0.3 is 24.2 Å². The molecule has 2 aromatic rings. The summed E-state index contributed by atoms with van der Waals surface area (Å²) in [6.45, 7) is 5.92. The molecule has 0 radical (unpaired) electrons. The van der Waals surface area contributed by atoms with E-state index in [9.17, 15) is 9.59 Å². The number of aryl methyl sites for hydroxylation is 1. The van der Waals surface area contributed by atoms with E-state index in [0.29, 0.717) is 51.8 Å². The Hall–Kier alpha value is -3.20. The topological polar surface area (TPSA) is 88.1 Å². The molecular weight excluding hydrogens is 410 g/mol. The van der Waals surface area contributed by atoms with Crippen molar-refractivity contribution >= 4 is 23.3 Å². The number of carbonyl (C=O) groups excluding carboxylic acids is 2. The summed E-state index contributed by atoms with van der Waals surface area (Å²) < 4.78 is 10.4. The minimum atomic E-state index is -0.293. The van der Waals surface area contributed by atoms with Gasteiger partial charge >= 0.3 is 0 Å². The van der Waals surface area contributed by atoms with Gasteiger partial charge in [-0.1, -0.05) is 17.7 Å². The predicted octanol–water partition coefficient (Wildman–Crippen LogP) is 1.51. The molecule has 9 heteroatoms. The number of hydrogen-bond donors (Lipinski definition) is 0. The maximum Gasteiger partial charge on any atom is 0.233 e. The van der Waals surface area contributed by atoms with Crippen molar-refractivity contribution < 1.29 is 19.1 Å². The van der Waals surface area contributed by atoms with E-state index in [-0.39, 0.29) is 24.2 Å². The van der Waals surface area contributed by atoms with Crippen molar-refractivity contribution in [2.75, 3.05) is 62.8 Å². The van der Waals surface area contributed by atoms with Crippen LogP contribution in [-0.2, 0) is 14.3 Å². The van der Waals surface area contributed by atoms with Crippen LogP contribution >= 0.6 is 0 Å². The van der Waals surface area contributed by atoms with E-state index in [0.717, 1.165) is 17.1 Å². The van der Waals surface area contributed by atoms with E-state index in [2.05, 4.69) is 15.1 Å². The second-order valence-electron chi connectivity index (χ2n) is 8.12. The van der Waals surface area contributed by atoms with Crippen LogP contribution in [0.25, 0.3) is 0 Å². The Morgan fingerprint density at radius 1 is 1.03 bits per heavy atom. The third-order valence-corrected chi connectivity index (χ3v) is 5.90. The van der Waals surface area contributed by atoms with Gasteiger partial charge in [0, 0.05) is 58.0 Å². The largest absolute Gasteiger partial charge is 0.474 e. The van der Waals surface area contributed by atoms with Crippen molar-refractivity contribution in [3.8, 4) is 5.88 Å². The Labute approximate surface area is 187 Å². The van der Waals surface area contributed by atoms with Crippen LogP contribution in [0, 0.1) is 12.8 Å². The first-order chi connectivity index (χ1) is 15.5. The summed E-state index contributed by atoms with van der Waals surface area (Å²) in [5.74, 6) is 0.995. The maximum atomic E-state index is 13.1. The molecule has 2 amide bonds. The molecule has 4 rings (SSSR count). The molecule has 0 saturated carbocycles. The first kappa shape index (κ1) is 22.0. The first-order valence-corrected chi connectivity index (χ1v) is 10.9. The normalized spacial score (nSPS) is 18.9. The van der Waals surface area contributed by atoms with E-state index in [1.165, 1.54) is 0 Å². The lowest BCUT2D eigenvalue weighted by molar-refractivity contribution is -0.136. The van der Waals surface area contributed by atoms with Crippen LogP contribution < -0.4 is 14.5 Å². The van der Waals surface area contributed by atoms with E-state index in [1.807, 2.05) is 42.2 Å². The Bertz CT molecular complexity index is 926. The van der Waals surface area contributed by atoms with Gasteiger partial charge in [0.15, 0.2) is 5.82 Å². The van der Waals surface area contributed by atoms with Crippen LogP contribution in [0.3, 0.4) is 0 Å². The van der Waals surface area contributed by atoms with Crippen LogP contribution in [0.4, 0.5) is 11.5 Å². The van der Waals surface area contributed by atoms with E-state index >= 15 is 0 Å². The highest BCUT2D eigenvalue weighted by molar-refractivity contribution is 6.00. The lowest BCUT2D eigenvalue weighted by Crippen LogP contribution is -2.51. The molecule has 9 nitrogen and oxygen atoms in total. The summed E-state index contributed by atoms with van der Waals surface area (Å²) in [4.78, 5) is 31.3. The quantitative estimate of drug-likeness (QED) is 0.605. The summed E-state index contributed by atoms with van der Waals surface area (Å²) in [6.07, 6.45) is 0.267. The van der Waals surface area contributed by atoms with Crippen molar-refractivity contribution in [2.45, 2.75) is 13.3 Å². The van der Waals surface area contributed by atoms with Gasteiger partial charge in [-0.2, -0.15) is 0 Å². The van der Waals surface area contributed by atoms with Crippen molar-refractivity contribution in [2.24, 2.45) is 5.92 Å². The number of methoxy groups -OCH3 is 1. The van der Waals surface area contributed by atoms with Crippen molar-refractivity contribution in [1.82, 2.24) is 15.1 Å². The molecule has 2 saturated heterocycles. The Balaban J connectivity index is 1.29. The first-order valence-electron chi connectivity index (χ1n) is 10.9. The van der Waals surface area contributed by atoms with E-state index in [4.69, 9.17) is 9.47 Å². The highest BCUT2D eigenvalue weighted by Gasteiger charge is 2.38. The highest BCUT2D eigenvalue weighted by atomic mass is 16.5. The molecule has 2 fully saturated rings. The molecule has 0 N–H and O–H groups in total. The van der Waals surface area contributed by atoms with Crippen molar-refractivity contribution in [1.29, 1.82) is 0 Å². The molecular formula is C23H29N5O4. The fourth-order valence-electron chi connectivity index (χ4n) is 4.05. The number of rotatable bonds is 7. The van der Waals surface area contributed by atoms with Crippen molar-refractivity contribution in [3.63, 3.8) is 0 Å². The molecule has 0 bridgehead atoms. The molecule has 2 aliphatic rings. The third kappa shape index (κ3) is 4.99. The number of ether oxygens (including phenoxy) is 2. The summed E-state index contributed by atoms with van der Waals surface area (Å²) in [5.41, 5.74) is 2.00. The minimum absolute atomic E-state index is 0.00826. The zero-order chi connectivity index (χ0) is 22.5. The Morgan fingerprint density at radius 3 is 2.44 bits per heavy atom. The number of hydrogen-bond acceptors (Lipinski definition) is 7. The molecule has 2 aliphatic heterocycles. The molecule has 3 heterocycles. The standard InChI is InChI=1S/C23H29N5O4/c1-17-3-5-19(6-4-17)28-16-18(15-22(28)29)23(30)27-11-9-26(10-12-27)20-7-8-21(25-24-20)32-14-13-31-2/h3-8,18H,9-16H2,1-2H3. The zero-order valence-electron chi connectivity index (χ0n) is 18.6. The van der Waals surface area contributed by atoms with Gasteiger partial charge in [0.25, 0.3) is 0 Å². The van der Waals surface area contributed by atoms with Crippen LogP contribution in [-0.4, -0.2) is 80.0 Å². The van der Waals surface area contributed by atoms with Gasteiger partial charge in [-0.3, -0.25) is 9.59 Å². The smallest absolute Gasteiger partial charge is 0.233 e. The number of piperazine rings is 1. The number of amides is 2. The summed E-state index contributed by atoms with van der Waals surface area (Å²) in [6, 6.07) is 11.5. The predicted molar refractivity (Wildman–Crippen MR) is 120 cm³/mol. The van der Waals surface area contributed by atoms with Gasteiger partial charge in [-0.05, 0) is 25.1 Å². The fourth-order valence-corrected chi connectivity index (χ4v) is 4.05. The van der Waals surface area contributed by atoms with E-state index < -0.39 is 0 Å². The summed E-state index contributed by atoms with van der Waals surface area (Å²) in [5, 5.41) is 8.34. The van der Waals surface area contributed by atoms with Gasteiger partial charge in [-0.25, -0.2) is 0 Å². The molecule has 1 aromatic carbocycles. The monoisotopic (exact) mass is 439 g/mol. The van der Waals surface area contributed by atoms with Crippen LogP contribution in [0.1, 0.15) is 12.0 Å². The second kappa shape index (κ2) is 9.95. The molecule has 0 spiro atoms. The summed E-state index contributed by atoms with van der Waals surface area (Å²) in [7, 11) is 1.62. The molecule has 170 valence electrons. The molecule has 32 heavy (non-hydrogen) atoms. The average Bonchev–Trinajstić information content (AvgIpc) is 3.21. The van der Waals surface area contributed by atoms with Gasteiger partial charge in [0.1, 0.15) is 6.61 Å². The van der Waals surface area contributed by atoms with Crippen molar-refractivity contribution in [3.05, 3.63) is 42.0 Å². The number of aromatic nitrogens is 2. The molecule has 1 atom stereocenters. The zero-order valence-corrected chi connectivity index (χ0v) is 18.6. The second-order valence-corrected chi connectivity index (χ2v) is 8.12. The highest BCUT2D eigenvalue weighted by Crippen LogP contribution is 2.27. The SMILES string of the molecule is COCCOc1ccc(N2CCN(C(=O)C3CC(=O)N(c4ccc(C)cc4)C3)CC2)nn1. The van der Waals surface area contributed by atoms with Crippen LogP contribution in [0.15, 0.2) is 36.4 Å². The van der Waals surface area contributed by atoms with Crippen LogP contribution in [0.5, 0.6) is 5.88 Å². The van der Waals surface area contributed by atoms with Gasteiger partial charge in [-0.15, -0.1) is 10.2 Å². The molecule has 1 aromatic heterocycles. The number of carbonyl (C=O) groups is 2. The maximum absolute atomic E-state index is 13.1. The van der Waals surface area contributed by atoms with Gasteiger partial charge in [0.05, 0.1) is 12.5 Å². The van der Waals surface area contributed by atoms with Gasteiger partial charge in [0.2, 0.25) is 17.7 Å². The van der Waals surface area contributed by atoms with Crippen LogP contribution in [0.2, 0.25) is 0 Å². The number of nitrogens with zero attached hydrogens (tertiary/aromatic N) is 5. The lowest BCUT2D eigenvalue weighted by atomic mass is 10.1. The fraction of sp³-hybridized carbons (Fsp3) is 0.478. The molecule has 1 unspecified atom stereocenters. The molecule has 0 aliphatic carbocycles.